The van der Waals surface area contributed by atoms with Gasteiger partial charge in [0, 0.05) is 6.07 Å². The van der Waals surface area contributed by atoms with Crippen LogP contribution in [-0.2, 0) is 0 Å². The maximum absolute atomic E-state index is 12.2. The fourth-order valence-corrected chi connectivity index (χ4v) is 2.14. The predicted molar refractivity (Wildman–Crippen MR) is 76.1 cm³/mol. The van der Waals surface area contributed by atoms with Gasteiger partial charge in [-0.1, -0.05) is 6.07 Å². The molecule has 0 saturated carbocycles. The molecule has 0 radical (unpaired) electrons. The number of benzene rings is 2. The topological polar surface area (TPSA) is 104 Å². The number of carbonyl (C=O) groups is 2. The van der Waals surface area contributed by atoms with Gasteiger partial charge in [0.05, 0.1) is 5.56 Å². The second kappa shape index (κ2) is 4.92. The molecular formula is C16H10O6. The molecule has 0 atom stereocenters. The van der Waals surface area contributed by atoms with Gasteiger partial charge < -0.3 is 20.1 Å². The lowest BCUT2D eigenvalue weighted by Crippen LogP contribution is -2.00. The number of ether oxygens (including phenoxy) is 1. The first-order valence-corrected chi connectivity index (χ1v) is 6.29. The van der Waals surface area contributed by atoms with E-state index >= 15 is 0 Å². The van der Waals surface area contributed by atoms with Gasteiger partial charge in [0.25, 0.3) is 0 Å². The van der Waals surface area contributed by atoms with Crippen LogP contribution in [0.25, 0.3) is 6.08 Å². The van der Waals surface area contributed by atoms with E-state index in [1.807, 2.05) is 0 Å². The average Bonchev–Trinajstić information content (AvgIpc) is 2.76. The summed E-state index contributed by atoms with van der Waals surface area (Å²) in [4.78, 5) is 23.1. The molecule has 0 bridgehead atoms. The Balaban J connectivity index is 1.99. The van der Waals surface area contributed by atoms with Crippen LogP contribution in [0.2, 0.25) is 0 Å². The van der Waals surface area contributed by atoms with E-state index in [0.717, 1.165) is 0 Å². The molecule has 22 heavy (non-hydrogen) atoms. The summed E-state index contributed by atoms with van der Waals surface area (Å²) in [5.74, 6) is -1.76. The quantitative estimate of drug-likeness (QED) is 0.735. The van der Waals surface area contributed by atoms with E-state index in [2.05, 4.69) is 0 Å². The van der Waals surface area contributed by atoms with Gasteiger partial charge in [-0.2, -0.15) is 0 Å². The minimum Gasteiger partial charge on any atom is -0.508 e. The largest absolute Gasteiger partial charge is 0.508 e. The molecule has 2 aromatic rings. The van der Waals surface area contributed by atoms with Crippen LogP contribution in [0.5, 0.6) is 17.2 Å². The van der Waals surface area contributed by atoms with Crippen LogP contribution in [0.1, 0.15) is 26.3 Å². The normalized spacial score (nSPS) is 14.7. The van der Waals surface area contributed by atoms with Gasteiger partial charge >= 0.3 is 5.97 Å². The zero-order valence-electron chi connectivity index (χ0n) is 11.1. The Morgan fingerprint density at radius 3 is 2.59 bits per heavy atom. The summed E-state index contributed by atoms with van der Waals surface area (Å²) in [6.07, 6.45) is 1.38. The van der Waals surface area contributed by atoms with E-state index in [1.165, 1.54) is 42.5 Å². The molecule has 6 heteroatoms. The summed E-state index contributed by atoms with van der Waals surface area (Å²) in [6, 6.07) is 8.09. The van der Waals surface area contributed by atoms with E-state index < -0.39 is 5.97 Å². The number of carboxylic acids is 1. The Kier molecular flexibility index (Phi) is 3.06. The number of Topliss-reactive ketones (excluding diaryl/α,β-unsaturated/α-hetero) is 1. The molecule has 1 aliphatic heterocycles. The van der Waals surface area contributed by atoms with Crippen molar-refractivity contribution in [2.75, 3.05) is 0 Å². The average molecular weight is 298 g/mol. The molecule has 3 N–H and O–H groups in total. The van der Waals surface area contributed by atoms with Gasteiger partial charge in [0.15, 0.2) is 5.76 Å². The number of aromatic carboxylic acids is 1. The van der Waals surface area contributed by atoms with Gasteiger partial charge in [-0.3, -0.25) is 4.79 Å². The second-order valence-corrected chi connectivity index (χ2v) is 4.70. The number of hydrogen-bond acceptors (Lipinski definition) is 5. The number of aromatic hydroxyl groups is 2. The minimum absolute atomic E-state index is 0.0163. The third-order valence-corrected chi connectivity index (χ3v) is 3.20. The smallest absolute Gasteiger partial charge is 0.339 e. The van der Waals surface area contributed by atoms with Crippen molar-refractivity contribution in [3.63, 3.8) is 0 Å². The number of fused-ring (bicyclic) bond motifs is 1. The molecule has 3 rings (SSSR count). The minimum atomic E-state index is -1.27. The lowest BCUT2D eigenvalue weighted by molar-refractivity contribution is 0.0693. The first kappa shape index (κ1) is 13.7. The SMILES string of the molecule is O=C(O)c1cc(C=C2Oc3cc(O)ccc3C2=O)ccc1O. The Morgan fingerprint density at radius 1 is 1.09 bits per heavy atom. The third-order valence-electron chi connectivity index (χ3n) is 3.20. The number of carbonyl (C=O) groups excluding carboxylic acids is 1. The molecule has 1 heterocycles. The number of hydrogen-bond donors (Lipinski definition) is 3. The van der Waals surface area contributed by atoms with Crippen molar-refractivity contribution in [2.45, 2.75) is 0 Å². The molecule has 0 aromatic heterocycles. The summed E-state index contributed by atoms with van der Waals surface area (Å²) < 4.78 is 5.38. The van der Waals surface area contributed by atoms with Crippen LogP contribution in [0, 0.1) is 0 Å². The van der Waals surface area contributed by atoms with Gasteiger partial charge in [-0.15, -0.1) is 0 Å². The molecule has 0 unspecified atom stereocenters. The summed E-state index contributed by atoms with van der Waals surface area (Å²) in [5, 5.41) is 27.8. The summed E-state index contributed by atoms with van der Waals surface area (Å²) in [6.45, 7) is 0. The molecule has 0 saturated heterocycles. The first-order valence-electron chi connectivity index (χ1n) is 6.29. The predicted octanol–water partition coefficient (Wildman–Crippen LogP) is 2.41. The lowest BCUT2D eigenvalue weighted by atomic mass is 10.1. The zero-order chi connectivity index (χ0) is 15.9. The molecule has 6 nitrogen and oxygen atoms in total. The van der Waals surface area contributed by atoms with Crippen molar-refractivity contribution in [2.24, 2.45) is 0 Å². The van der Waals surface area contributed by atoms with Crippen molar-refractivity contribution in [1.29, 1.82) is 0 Å². The molecule has 0 fully saturated rings. The fourth-order valence-electron chi connectivity index (χ4n) is 2.14. The standard InChI is InChI=1S/C16H10O6/c17-9-2-3-10-13(7-9)22-14(15(10)19)6-8-1-4-12(18)11(5-8)16(20)21/h1-7,17-18H,(H,20,21). The van der Waals surface area contributed by atoms with Gasteiger partial charge in [0.1, 0.15) is 22.8 Å². The Morgan fingerprint density at radius 2 is 1.86 bits per heavy atom. The van der Waals surface area contributed by atoms with Gasteiger partial charge in [-0.05, 0) is 35.9 Å². The highest BCUT2D eigenvalue weighted by atomic mass is 16.5. The van der Waals surface area contributed by atoms with Crippen LogP contribution in [0.4, 0.5) is 0 Å². The molecule has 0 spiro atoms. The van der Waals surface area contributed by atoms with Crippen LogP contribution >= 0.6 is 0 Å². The van der Waals surface area contributed by atoms with Crippen LogP contribution < -0.4 is 4.74 Å². The zero-order valence-corrected chi connectivity index (χ0v) is 11.1. The summed E-state index contributed by atoms with van der Waals surface area (Å²) in [5.41, 5.74) is 0.451. The van der Waals surface area contributed by atoms with Crippen molar-refractivity contribution in [1.82, 2.24) is 0 Å². The highest BCUT2D eigenvalue weighted by molar-refractivity contribution is 6.14. The van der Waals surface area contributed by atoms with Crippen molar-refractivity contribution in [3.05, 3.63) is 58.8 Å². The molecule has 110 valence electrons. The van der Waals surface area contributed by atoms with E-state index in [0.29, 0.717) is 11.1 Å². The van der Waals surface area contributed by atoms with Crippen LogP contribution in [0.3, 0.4) is 0 Å². The Hall–Kier alpha value is -3.28. The van der Waals surface area contributed by atoms with Gasteiger partial charge in [0.2, 0.25) is 5.78 Å². The number of ketones is 1. The van der Waals surface area contributed by atoms with Crippen LogP contribution in [0.15, 0.2) is 42.2 Å². The van der Waals surface area contributed by atoms with Crippen LogP contribution in [-0.4, -0.2) is 27.1 Å². The van der Waals surface area contributed by atoms with E-state index in [1.54, 1.807) is 0 Å². The third kappa shape index (κ3) is 2.26. The fraction of sp³-hybridized carbons (Fsp3) is 0. The molecular weight excluding hydrogens is 288 g/mol. The second-order valence-electron chi connectivity index (χ2n) is 4.70. The maximum Gasteiger partial charge on any atom is 0.339 e. The first-order chi connectivity index (χ1) is 10.5. The van der Waals surface area contributed by atoms with Crippen molar-refractivity contribution in [3.8, 4) is 17.2 Å². The Bertz CT molecular complexity index is 835. The van der Waals surface area contributed by atoms with E-state index in [4.69, 9.17) is 9.84 Å². The monoisotopic (exact) mass is 298 g/mol. The van der Waals surface area contributed by atoms with Gasteiger partial charge in [-0.25, -0.2) is 4.79 Å². The van der Waals surface area contributed by atoms with E-state index in [-0.39, 0.29) is 34.4 Å². The number of rotatable bonds is 2. The number of carboxylic acid groups (broad SMARTS) is 1. The maximum atomic E-state index is 12.2. The molecule has 1 aliphatic rings. The number of phenolic OH excluding ortho intramolecular Hbond substituents is 1. The molecule has 0 aliphatic carbocycles. The molecule has 0 amide bonds. The number of phenols is 2. The molecule has 2 aromatic carbocycles. The van der Waals surface area contributed by atoms with Crippen molar-refractivity contribution >= 4 is 17.8 Å². The lowest BCUT2D eigenvalue weighted by Gasteiger charge is -2.02. The Labute approximate surface area is 124 Å². The highest BCUT2D eigenvalue weighted by Crippen LogP contribution is 2.34. The number of allylic oxidation sites excluding steroid dienone is 1. The highest BCUT2D eigenvalue weighted by Gasteiger charge is 2.27. The van der Waals surface area contributed by atoms with E-state index in [9.17, 15) is 19.8 Å². The summed E-state index contributed by atoms with van der Waals surface area (Å²) >= 11 is 0. The van der Waals surface area contributed by atoms with Crippen molar-refractivity contribution < 1.29 is 29.6 Å². The summed E-state index contributed by atoms with van der Waals surface area (Å²) in [7, 11) is 0.